The second kappa shape index (κ2) is 7.53. The monoisotopic (exact) mass is 339 g/mol. The third-order valence-electron chi connectivity index (χ3n) is 3.86. The molecule has 0 amide bonds. The number of pyridine rings is 1. The van der Waals surface area contributed by atoms with Crippen LogP contribution < -0.4 is 5.32 Å². The molecular weight excluding hydrogens is 322 g/mol. The highest BCUT2D eigenvalue weighted by molar-refractivity contribution is 5.60. The van der Waals surface area contributed by atoms with Gasteiger partial charge in [-0.05, 0) is 24.3 Å². The molecule has 0 saturated heterocycles. The zero-order chi connectivity index (χ0) is 17.6. The largest absolute Gasteiger partial charge is 0.378 e. The van der Waals surface area contributed by atoms with E-state index in [4.69, 9.17) is 0 Å². The number of anilines is 1. The first-order valence-electron chi connectivity index (χ1n) is 8.38. The van der Waals surface area contributed by atoms with Gasteiger partial charge in [0.25, 0.3) is 0 Å². The van der Waals surface area contributed by atoms with Crippen molar-refractivity contribution < 1.29 is 0 Å². The summed E-state index contributed by atoms with van der Waals surface area (Å²) in [4.78, 5) is 18.1. The molecular formula is C21H17N5. The van der Waals surface area contributed by atoms with E-state index < -0.39 is 0 Å². The molecule has 0 aliphatic rings. The average molecular weight is 339 g/mol. The quantitative estimate of drug-likeness (QED) is 0.590. The fourth-order valence-corrected chi connectivity index (χ4v) is 2.58. The predicted octanol–water partition coefficient (Wildman–Crippen LogP) is 4.21. The van der Waals surface area contributed by atoms with Gasteiger partial charge in [0.15, 0.2) is 17.5 Å². The fourth-order valence-electron chi connectivity index (χ4n) is 2.58. The van der Waals surface area contributed by atoms with E-state index in [1.165, 1.54) is 0 Å². The Kier molecular flexibility index (Phi) is 4.60. The minimum absolute atomic E-state index is 0.514. The zero-order valence-electron chi connectivity index (χ0n) is 14.1. The molecule has 5 heteroatoms. The number of hydrogen-bond acceptors (Lipinski definition) is 5. The van der Waals surface area contributed by atoms with Crippen molar-refractivity contribution in [3.05, 3.63) is 91.0 Å². The summed E-state index contributed by atoms with van der Waals surface area (Å²) in [6.45, 7) is 0.514. The van der Waals surface area contributed by atoms with Gasteiger partial charge in [0.05, 0.1) is 6.54 Å². The van der Waals surface area contributed by atoms with Crippen molar-refractivity contribution in [3.63, 3.8) is 0 Å². The summed E-state index contributed by atoms with van der Waals surface area (Å²) in [6, 6.07) is 23.8. The SMILES string of the molecule is c1ccc(NCc2nc(-c3ccccc3)nc(-c3cccnc3)n2)cc1. The van der Waals surface area contributed by atoms with E-state index in [-0.39, 0.29) is 0 Å². The molecule has 0 atom stereocenters. The fraction of sp³-hybridized carbons (Fsp3) is 0.0476. The Morgan fingerprint density at radius 2 is 1.31 bits per heavy atom. The average Bonchev–Trinajstić information content (AvgIpc) is 2.74. The van der Waals surface area contributed by atoms with Crippen LogP contribution in [0.5, 0.6) is 0 Å². The normalized spacial score (nSPS) is 10.5. The summed E-state index contributed by atoms with van der Waals surface area (Å²) in [5.74, 6) is 1.96. The van der Waals surface area contributed by atoms with Gasteiger partial charge in [0.1, 0.15) is 0 Å². The molecule has 0 aliphatic carbocycles. The van der Waals surface area contributed by atoms with Gasteiger partial charge in [0.2, 0.25) is 0 Å². The maximum Gasteiger partial charge on any atom is 0.165 e. The summed E-state index contributed by atoms with van der Waals surface area (Å²) >= 11 is 0. The minimum atomic E-state index is 0.514. The lowest BCUT2D eigenvalue weighted by molar-refractivity contribution is 0.917. The molecule has 2 heterocycles. The lowest BCUT2D eigenvalue weighted by Crippen LogP contribution is -2.08. The van der Waals surface area contributed by atoms with E-state index in [2.05, 4.69) is 25.3 Å². The van der Waals surface area contributed by atoms with Crippen LogP contribution in [-0.2, 0) is 6.54 Å². The van der Waals surface area contributed by atoms with Crippen LogP contribution in [0.2, 0.25) is 0 Å². The van der Waals surface area contributed by atoms with E-state index in [0.29, 0.717) is 24.0 Å². The lowest BCUT2D eigenvalue weighted by Gasteiger charge is -2.09. The van der Waals surface area contributed by atoms with Crippen LogP contribution in [0.3, 0.4) is 0 Å². The Hall–Kier alpha value is -3.60. The highest BCUT2D eigenvalue weighted by Crippen LogP contribution is 2.20. The van der Waals surface area contributed by atoms with Crippen LogP contribution in [0.1, 0.15) is 5.82 Å². The van der Waals surface area contributed by atoms with Crippen molar-refractivity contribution >= 4 is 5.69 Å². The summed E-state index contributed by atoms with van der Waals surface area (Å²) in [6.07, 6.45) is 3.50. The number of para-hydroxylation sites is 1. The number of aromatic nitrogens is 4. The summed E-state index contributed by atoms with van der Waals surface area (Å²) in [7, 11) is 0. The molecule has 0 spiro atoms. The van der Waals surface area contributed by atoms with E-state index >= 15 is 0 Å². The van der Waals surface area contributed by atoms with Crippen LogP contribution in [0.25, 0.3) is 22.8 Å². The maximum atomic E-state index is 4.64. The van der Waals surface area contributed by atoms with Crippen molar-refractivity contribution in [1.82, 2.24) is 19.9 Å². The second-order valence-corrected chi connectivity index (χ2v) is 5.73. The van der Waals surface area contributed by atoms with Crippen LogP contribution in [-0.4, -0.2) is 19.9 Å². The first-order chi connectivity index (χ1) is 12.9. The smallest absolute Gasteiger partial charge is 0.165 e. The van der Waals surface area contributed by atoms with Gasteiger partial charge in [-0.2, -0.15) is 0 Å². The summed E-state index contributed by atoms with van der Waals surface area (Å²) in [5, 5.41) is 3.35. The first kappa shape index (κ1) is 15.9. The number of rotatable bonds is 5. The van der Waals surface area contributed by atoms with Crippen molar-refractivity contribution in [2.45, 2.75) is 6.54 Å². The highest BCUT2D eigenvalue weighted by Gasteiger charge is 2.10. The molecule has 4 aromatic rings. The topological polar surface area (TPSA) is 63.6 Å². The van der Waals surface area contributed by atoms with E-state index in [1.807, 2.05) is 72.8 Å². The van der Waals surface area contributed by atoms with E-state index in [1.54, 1.807) is 12.4 Å². The summed E-state index contributed by atoms with van der Waals surface area (Å²) < 4.78 is 0. The Labute approximate surface area is 151 Å². The lowest BCUT2D eigenvalue weighted by atomic mass is 10.2. The van der Waals surface area contributed by atoms with Gasteiger partial charge >= 0.3 is 0 Å². The molecule has 0 saturated carbocycles. The standard InChI is InChI=1S/C21H17N5/c1-3-8-16(9-4-1)20-24-19(15-23-18-11-5-2-6-12-18)25-21(26-20)17-10-7-13-22-14-17/h1-14,23H,15H2. The molecule has 5 nitrogen and oxygen atoms in total. The molecule has 0 bridgehead atoms. The third kappa shape index (κ3) is 3.72. The van der Waals surface area contributed by atoms with Gasteiger partial charge in [0, 0.05) is 29.2 Å². The minimum Gasteiger partial charge on any atom is -0.378 e. The Balaban J connectivity index is 1.70. The first-order valence-corrected chi connectivity index (χ1v) is 8.38. The third-order valence-corrected chi connectivity index (χ3v) is 3.86. The van der Waals surface area contributed by atoms with Crippen LogP contribution in [0.15, 0.2) is 85.2 Å². The predicted molar refractivity (Wildman–Crippen MR) is 102 cm³/mol. The van der Waals surface area contributed by atoms with Crippen molar-refractivity contribution in [2.24, 2.45) is 0 Å². The highest BCUT2D eigenvalue weighted by atomic mass is 15.1. The van der Waals surface area contributed by atoms with Gasteiger partial charge in [-0.25, -0.2) is 15.0 Å². The van der Waals surface area contributed by atoms with Crippen LogP contribution >= 0.6 is 0 Å². The van der Waals surface area contributed by atoms with E-state index in [9.17, 15) is 0 Å². The van der Waals surface area contributed by atoms with Gasteiger partial charge in [-0.3, -0.25) is 4.98 Å². The number of hydrogen-bond donors (Lipinski definition) is 1. The van der Waals surface area contributed by atoms with Crippen molar-refractivity contribution in [1.29, 1.82) is 0 Å². The molecule has 26 heavy (non-hydrogen) atoms. The zero-order valence-corrected chi connectivity index (χ0v) is 14.1. The number of benzene rings is 2. The number of nitrogens with one attached hydrogen (secondary N) is 1. The Bertz CT molecular complexity index is 915. The number of nitrogens with zero attached hydrogens (tertiary/aromatic N) is 4. The van der Waals surface area contributed by atoms with Gasteiger partial charge in [-0.15, -0.1) is 0 Å². The molecule has 2 aromatic heterocycles. The molecule has 126 valence electrons. The molecule has 1 N–H and O–H groups in total. The summed E-state index contributed by atoms with van der Waals surface area (Å²) in [5.41, 5.74) is 2.85. The van der Waals surface area contributed by atoms with Crippen LogP contribution in [0.4, 0.5) is 5.69 Å². The van der Waals surface area contributed by atoms with E-state index in [0.717, 1.165) is 16.8 Å². The van der Waals surface area contributed by atoms with Crippen molar-refractivity contribution in [3.8, 4) is 22.8 Å². The molecule has 0 aliphatic heterocycles. The van der Waals surface area contributed by atoms with Gasteiger partial charge in [-0.1, -0.05) is 48.5 Å². The maximum absolute atomic E-state index is 4.64. The second-order valence-electron chi connectivity index (χ2n) is 5.73. The molecule has 2 aromatic carbocycles. The molecule has 4 rings (SSSR count). The van der Waals surface area contributed by atoms with Crippen LogP contribution in [0, 0.1) is 0 Å². The Morgan fingerprint density at radius 1 is 0.654 bits per heavy atom. The Morgan fingerprint density at radius 3 is 2.00 bits per heavy atom. The molecule has 0 fully saturated rings. The van der Waals surface area contributed by atoms with Gasteiger partial charge < -0.3 is 5.32 Å². The molecule has 0 unspecified atom stereocenters. The molecule has 0 radical (unpaired) electrons. The van der Waals surface area contributed by atoms with Crippen molar-refractivity contribution in [2.75, 3.05) is 5.32 Å².